The van der Waals surface area contributed by atoms with Crippen molar-refractivity contribution in [2.24, 2.45) is 16.1 Å². The zero-order valence-corrected chi connectivity index (χ0v) is 12.2. The van der Waals surface area contributed by atoms with Crippen molar-refractivity contribution in [2.45, 2.75) is 34.6 Å². The third-order valence-electron chi connectivity index (χ3n) is 3.00. The van der Waals surface area contributed by atoms with Gasteiger partial charge in [-0.15, -0.1) is 0 Å². The molecular weight excluding hydrogens is 222 g/mol. The normalized spacial score (nSPS) is 12.6. The van der Waals surface area contributed by atoms with E-state index in [1.54, 1.807) is 0 Å². The summed E-state index contributed by atoms with van der Waals surface area (Å²) in [7, 11) is 0. The van der Waals surface area contributed by atoms with Crippen molar-refractivity contribution in [3.8, 4) is 0 Å². The number of aliphatic imine (C=N–C) groups is 1. The van der Waals surface area contributed by atoms with Gasteiger partial charge in [-0.2, -0.15) is 0 Å². The minimum Gasteiger partial charge on any atom is -0.387 e. The van der Waals surface area contributed by atoms with Gasteiger partial charge in [0.25, 0.3) is 0 Å². The summed E-state index contributed by atoms with van der Waals surface area (Å²) < 4.78 is 0. The highest BCUT2D eigenvalue weighted by Crippen LogP contribution is 2.22. The van der Waals surface area contributed by atoms with Crippen molar-refractivity contribution in [3.05, 3.63) is 24.3 Å². The molecule has 3 heteroatoms. The van der Waals surface area contributed by atoms with Gasteiger partial charge in [0.05, 0.1) is 5.69 Å². The fourth-order valence-corrected chi connectivity index (χ4v) is 1.63. The number of hydrogen-bond acceptors (Lipinski definition) is 2. The number of amidine groups is 1. The summed E-state index contributed by atoms with van der Waals surface area (Å²) in [6.07, 6.45) is 0. The summed E-state index contributed by atoms with van der Waals surface area (Å²) in [5, 5.41) is 0. The van der Waals surface area contributed by atoms with Crippen LogP contribution in [0, 0.1) is 5.41 Å². The molecule has 0 amide bonds. The summed E-state index contributed by atoms with van der Waals surface area (Å²) in [4.78, 5) is 6.76. The van der Waals surface area contributed by atoms with E-state index < -0.39 is 0 Å². The second kappa shape index (κ2) is 5.89. The van der Waals surface area contributed by atoms with Crippen molar-refractivity contribution < 1.29 is 0 Å². The van der Waals surface area contributed by atoms with E-state index in [0.29, 0.717) is 5.84 Å². The van der Waals surface area contributed by atoms with Crippen LogP contribution in [0.3, 0.4) is 0 Å². The third kappa shape index (κ3) is 3.76. The van der Waals surface area contributed by atoms with Crippen LogP contribution in [0.4, 0.5) is 11.4 Å². The van der Waals surface area contributed by atoms with Crippen molar-refractivity contribution >= 4 is 17.2 Å². The summed E-state index contributed by atoms with van der Waals surface area (Å²) in [6.45, 7) is 12.6. The molecule has 18 heavy (non-hydrogen) atoms. The highest BCUT2D eigenvalue weighted by atomic mass is 15.1. The number of rotatable bonds is 4. The number of nitrogens with zero attached hydrogens (tertiary/aromatic N) is 2. The topological polar surface area (TPSA) is 41.6 Å². The van der Waals surface area contributed by atoms with Crippen molar-refractivity contribution in [3.63, 3.8) is 0 Å². The highest BCUT2D eigenvalue weighted by Gasteiger charge is 2.15. The fourth-order valence-electron chi connectivity index (χ4n) is 1.63. The van der Waals surface area contributed by atoms with Gasteiger partial charge in [-0.1, -0.05) is 20.8 Å². The van der Waals surface area contributed by atoms with E-state index in [1.807, 2.05) is 12.1 Å². The molecular formula is C15H25N3. The highest BCUT2D eigenvalue weighted by molar-refractivity contribution is 5.87. The second-order valence-corrected chi connectivity index (χ2v) is 5.44. The Balaban J connectivity index is 2.90. The van der Waals surface area contributed by atoms with Gasteiger partial charge in [-0.3, -0.25) is 0 Å². The second-order valence-electron chi connectivity index (χ2n) is 5.44. The van der Waals surface area contributed by atoms with Crippen LogP contribution in [0.1, 0.15) is 34.6 Å². The molecule has 0 bridgehead atoms. The predicted molar refractivity (Wildman–Crippen MR) is 80.7 cm³/mol. The molecule has 0 fully saturated rings. The van der Waals surface area contributed by atoms with Gasteiger partial charge in [0.15, 0.2) is 0 Å². The maximum Gasteiger partial charge on any atom is 0.105 e. The molecule has 2 N–H and O–H groups in total. The van der Waals surface area contributed by atoms with Crippen LogP contribution >= 0.6 is 0 Å². The molecule has 0 heterocycles. The first-order valence-electron chi connectivity index (χ1n) is 6.58. The summed E-state index contributed by atoms with van der Waals surface area (Å²) >= 11 is 0. The first-order chi connectivity index (χ1) is 8.38. The van der Waals surface area contributed by atoms with E-state index in [4.69, 9.17) is 5.73 Å². The van der Waals surface area contributed by atoms with Gasteiger partial charge in [0.1, 0.15) is 5.84 Å². The summed E-state index contributed by atoms with van der Waals surface area (Å²) in [5.74, 6) is 0.665. The molecule has 0 saturated heterocycles. The average molecular weight is 247 g/mol. The molecule has 0 spiro atoms. The molecule has 0 aliphatic carbocycles. The van der Waals surface area contributed by atoms with Gasteiger partial charge in [0.2, 0.25) is 0 Å². The Kier molecular flexibility index (Phi) is 4.76. The molecule has 0 unspecified atom stereocenters. The van der Waals surface area contributed by atoms with Crippen molar-refractivity contribution in [2.75, 3.05) is 18.0 Å². The molecule has 100 valence electrons. The van der Waals surface area contributed by atoms with Crippen LogP contribution in [-0.4, -0.2) is 18.9 Å². The predicted octanol–water partition coefficient (Wildman–Crippen LogP) is 3.57. The van der Waals surface area contributed by atoms with Gasteiger partial charge in [-0.05, 0) is 38.1 Å². The first-order valence-corrected chi connectivity index (χ1v) is 6.58. The lowest BCUT2D eigenvalue weighted by molar-refractivity contribution is 0.585. The third-order valence-corrected chi connectivity index (χ3v) is 3.00. The van der Waals surface area contributed by atoms with Crippen LogP contribution in [0.25, 0.3) is 0 Å². The molecule has 3 nitrogen and oxygen atoms in total. The Morgan fingerprint density at radius 3 is 2.00 bits per heavy atom. The molecule has 1 rings (SSSR count). The zero-order valence-electron chi connectivity index (χ0n) is 12.2. The average Bonchev–Trinajstić information content (AvgIpc) is 2.31. The van der Waals surface area contributed by atoms with Crippen LogP contribution in [0.5, 0.6) is 0 Å². The molecule has 0 aromatic heterocycles. The fraction of sp³-hybridized carbons (Fsp3) is 0.533. The molecule has 0 aliphatic rings. The standard InChI is InChI=1S/C15H25N3/c1-6-18(7-2)13-10-8-12(9-11-13)17-14(16)15(3,4)5/h8-11H,6-7H2,1-5H3,(H2,16,17). The maximum absolute atomic E-state index is 5.97. The number of nitrogens with two attached hydrogens (primary N) is 1. The van der Waals surface area contributed by atoms with E-state index >= 15 is 0 Å². The zero-order chi connectivity index (χ0) is 13.8. The molecule has 0 aliphatic heterocycles. The lowest BCUT2D eigenvalue weighted by Gasteiger charge is -2.21. The van der Waals surface area contributed by atoms with Crippen molar-refractivity contribution in [1.82, 2.24) is 0 Å². The van der Waals surface area contributed by atoms with Crippen LogP contribution in [0.2, 0.25) is 0 Å². The molecule has 1 aromatic rings. The maximum atomic E-state index is 5.97. The molecule has 0 radical (unpaired) electrons. The number of anilines is 1. The minimum atomic E-state index is -0.0858. The largest absolute Gasteiger partial charge is 0.387 e. The van der Waals surface area contributed by atoms with Gasteiger partial charge >= 0.3 is 0 Å². The van der Waals surface area contributed by atoms with Gasteiger partial charge in [-0.25, -0.2) is 4.99 Å². The lowest BCUT2D eigenvalue weighted by Crippen LogP contribution is -2.28. The number of hydrogen-bond donors (Lipinski definition) is 1. The first kappa shape index (κ1) is 14.6. The van der Waals surface area contributed by atoms with E-state index in [2.05, 4.69) is 56.6 Å². The van der Waals surface area contributed by atoms with E-state index in [9.17, 15) is 0 Å². The van der Waals surface area contributed by atoms with E-state index in [0.717, 1.165) is 18.8 Å². The summed E-state index contributed by atoms with van der Waals surface area (Å²) in [5.41, 5.74) is 8.03. The van der Waals surface area contributed by atoms with Crippen LogP contribution in [0.15, 0.2) is 29.3 Å². The Hall–Kier alpha value is -1.51. The Morgan fingerprint density at radius 1 is 1.11 bits per heavy atom. The molecule has 1 aromatic carbocycles. The smallest absolute Gasteiger partial charge is 0.105 e. The minimum absolute atomic E-state index is 0.0858. The quantitative estimate of drug-likeness (QED) is 0.653. The number of benzene rings is 1. The van der Waals surface area contributed by atoms with Gasteiger partial charge < -0.3 is 10.6 Å². The van der Waals surface area contributed by atoms with Crippen LogP contribution < -0.4 is 10.6 Å². The van der Waals surface area contributed by atoms with E-state index in [1.165, 1.54) is 5.69 Å². The Bertz CT molecular complexity index is 395. The lowest BCUT2D eigenvalue weighted by atomic mass is 9.95. The van der Waals surface area contributed by atoms with Crippen LogP contribution in [-0.2, 0) is 0 Å². The molecule has 0 saturated carbocycles. The Labute approximate surface area is 111 Å². The monoisotopic (exact) mass is 247 g/mol. The van der Waals surface area contributed by atoms with Crippen molar-refractivity contribution in [1.29, 1.82) is 0 Å². The SMILES string of the molecule is CCN(CC)c1ccc(N=C(N)C(C)(C)C)cc1. The van der Waals surface area contributed by atoms with E-state index in [-0.39, 0.29) is 5.41 Å². The molecule has 0 atom stereocenters. The Morgan fingerprint density at radius 2 is 1.61 bits per heavy atom. The van der Waals surface area contributed by atoms with Gasteiger partial charge in [0, 0.05) is 24.2 Å². The summed E-state index contributed by atoms with van der Waals surface area (Å²) in [6, 6.07) is 8.24.